The highest BCUT2D eigenvalue weighted by Crippen LogP contribution is 2.32. The number of carbonyl (C=O) groups is 1. The van der Waals surface area contributed by atoms with Gasteiger partial charge >= 0.3 is 0 Å². The van der Waals surface area contributed by atoms with E-state index >= 15 is 0 Å². The molecule has 1 aliphatic heterocycles. The van der Waals surface area contributed by atoms with Crippen molar-refractivity contribution in [2.75, 3.05) is 13.1 Å². The van der Waals surface area contributed by atoms with Gasteiger partial charge in [-0.2, -0.15) is 0 Å². The molecule has 0 saturated carbocycles. The number of hydrogen-bond acceptors (Lipinski definition) is 3. The molecule has 1 amide bonds. The summed E-state index contributed by atoms with van der Waals surface area (Å²) in [6, 6.07) is 3.33. The van der Waals surface area contributed by atoms with E-state index in [9.17, 15) is 13.6 Å². The Hall–Kier alpha value is -2.18. The van der Waals surface area contributed by atoms with E-state index in [1.807, 2.05) is 6.92 Å². The second kappa shape index (κ2) is 5.67. The van der Waals surface area contributed by atoms with Crippen molar-refractivity contribution >= 4 is 11.7 Å². The van der Waals surface area contributed by atoms with Crippen molar-refractivity contribution in [1.82, 2.24) is 4.90 Å². The summed E-state index contributed by atoms with van der Waals surface area (Å²) in [5.74, 6) is -2.31. The molecule has 1 fully saturated rings. The summed E-state index contributed by atoms with van der Waals surface area (Å²) in [4.78, 5) is 13.6. The predicted molar refractivity (Wildman–Crippen MR) is 73.0 cm³/mol. The van der Waals surface area contributed by atoms with Crippen LogP contribution in [0.4, 0.5) is 8.78 Å². The van der Waals surface area contributed by atoms with Gasteiger partial charge in [-0.1, -0.05) is 18.1 Å². The van der Waals surface area contributed by atoms with Crippen LogP contribution < -0.4 is 5.73 Å². The van der Waals surface area contributed by atoms with Gasteiger partial charge in [-0.15, -0.1) is 0 Å². The highest BCUT2D eigenvalue weighted by molar-refractivity contribution is 5.95. The van der Waals surface area contributed by atoms with E-state index in [1.54, 1.807) is 0 Å². The third-order valence-corrected chi connectivity index (χ3v) is 4.06. The molecule has 0 aromatic heterocycles. The first-order valence-corrected chi connectivity index (χ1v) is 6.60. The van der Waals surface area contributed by atoms with Crippen LogP contribution in [0.1, 0.15) is 30.1 Å². The van der Waals surface area contributed by atoms with Crippen LogP contribution in [0, 0.1) is 17.0 Å². The normalized spacial score (nSPS) is 18.6. The van der Waals surface area contributed by atoms with Crippen LogP contribution in [0.25, 0.3) is 0 Å². The Morgan fingerprint density at radius 2 is 1.86 bits per heavy atom. The molecule has 114 valence electrons. The van der Waals surface area contributed by atoms with Crippen molar-refractivity contribution in [2.45, 2.75) is 19.8 Å². The van der Waals surface area contributed by atoms with Crippen molar-refractivity contribution in [2.24, 2.45) is 16.3 Å². The highest BCUT2D eigenvalue weighted by Gasteiger charge is 2.36. The van der Waals surface area contributed by atoms with Gasteiger partial charge in [0.15, 0.2) is 0 Å². The highest BCUT2D eigenvalue weighted by atomic mass is 19.1. The molecule has 0 atom stereocenters. The Morgan fingerprint density at radius 1 is 1.33 bits per heavy atom. The third kappa shape index (κ3) is 2.81. The number of likely N-dealkylation sites (tertiary alicyclic amines) is 1. The molecule has 21 heavy (non-hydrogen) atoms. The number of rotatable bonds is 2. The minimum atomic E-state index is -0.871. The number of halogens is 2. The summed E-state index contributed by atoms with van der Waals surface area (Å²) in [6.07, 6.45) is 0.926. The number of hydrogen-bond donors (Lipinski definition) is 2. The van der Waals surface area contributed by atoms with Gasteiger partial charge in [0.2, 0.25) is 0 Å². The van der Waals surface area contributed by atoms with Crippen molar-refractivity contribution in [1.29, 1.82) is 0 Å². The maximum atomic E-state index is 13.6. The Kier molecular flexibility index (Phi) is 4.11. The molecule has 1 aromatic carbocycles. The lowest BCUT2D eigenvalue weighted by molar-refractivity contribution is 0.0657. The second-order valence-corrected chi connectivity index (χ2v) is 5.43. The minimum absolute atomic E-state index is 0.103. The summed E-state index contributed by atoms with van der Waals surface area (Å²) in [5.41, 5.74) is 4.59. The van der Waals surface area contributed by atoms with Gasteiger partial charge in [0.05, 0.1) is 0 Å². The van der Waals surface area contributed by atoms with Crippen LogP contribution in [0.15, 0.2) is 23.4 Å². The molecular weight excluding hydrogens is 280 g/mol. The zero-order valence-corrected chi connectivity index (χ0v) is 11.6. The Morgan fingerprint density at radius 3 is 2.33 bits per heavy atom. The van der Waals surface area contributed by atoms with Gasteiger partial charge in [0.1, 0.15) is 23.0 Å². The molecule has 1 aromatic rings. The average Bonchev–Trinajstić information content (AvgIpc) is 2.46. The largest absolute Gasteiger partial charge is 0.409 e. The van der Waals surface area contributed by atoms with Crippen LogP contribution >= 0.6 is 0 Å². The van der Waals surface area contributed by atoms with Crippen LogP contribution in [-0.4, -0.2) is 34.9 Å². The first-order chi connectivity index (χ1) is 9.89. The number of nitrogens with zero attached hydrogens (tertiary/aromatic N) is 2. The summed E-state index contributed by atoms with van der Waals surface area (Å²) in [5, 5.41) is 11.8. The lowest BCUT2D eigenvalue weighted by Crippen LogP contribution is -2.47. The van der Waals surface area contributed by atoms with Crippen molar-refractivity contribution in [3.63, 3.8) is 0 Å². The van der Waals surface area contributed by atoms with Crippen LogP contribution in [-0.2, 0) is 0 Å². The fraction of sp³-hybridized carbons (Fsp3) is 0.429. The van der Waals surface area contributed by atoms with E-state index in [-0.39, 0.29) is 5.84 Å². The summed E-state index contributed by atoms with van der Waals surface area (Å²) >= 11 is 0. The van der Waals surface area contributed by atoms with E-state index in [1.165, 1.54) is 11.0 Å². The molecule has 2 rings (SSSR count). The van der Waals surface area contributed by atoms with Gasteiger partial charge in [-0.25, -0.2) is 8.78 Å². The Labute approximate surface area is 121 Å². The number of carbonyl (C=O) groups excluding carboxylic acids is 1. The molecule has 0 spiro atoms. The first-order valence-electron chi connectivity index (χ1n) is 6.60. The summed E-state index contributed by atoms with van der Waals surface area (Å²) in [7, 11) is 0. The summed E-state index contributed by atoms with van der Waals surface area (Å²) in [6.45, 7) is 2.41. The van der Waals surface area contributed by atoms with Gasteiger partial charge in [-0.05, 0) is 25.0 Å². The van der Waals surface area contributed by atoms with Crippen molar-refractivity contribution < 1.29 is 18.8 Å². The SMILES string of the molecule is CC1(/C(N)=N/O)CCN(C(=O)c2c(F)cccc2F)CC1. The molecule has 7 heteroatoms. The van der Waals surface area contributed by atoms with Gasteiger partial charge in [-0.3, -0.25) is 4.79 Å². The van der Waals surface area contributed by atoms with Crippen LogP contribution in [0.2, 0.25) is 0 Å². The average molecular weight is 297 g/mol. The van der Waals surface area contributed by atoms with Crippen LogP contribution in [0.3, 0.4) is 0 Å². The van der Waals surface area contributed by atoms with Crippen LogP contribution in [0.5, 0.6) is 0 Å². The Balaban J connectivity index is 2.14. The number of oxime groups is 1. The lowest BCUT2D eigenvalue weighted by Gasteiger charge is -2.38. The lowest BCUT2D eigenvalue weighted by atomic mass is 9.79. The molecule has 3 N–H and O–H groups in total. The third-order valence-electron chi connectivity index (χ3n) is 4.06. The maximum Gasteiger partial charge on any atom is 0.259 e. The van der Waals surface area contributed by atoms with E-state index in [4.69, 9.17) is 10.9 Å². The Bertz CT molecular complexity index is 561. The molecule has 0 radical (unpaired) electrons. The van der Waals surface area contributed by atoms with E-state index in [2.05, 4.69) is 5.16 Å². The monoisotopic (exact) mass is 297 g/mol. The first kappa shape index (κ1) is 15.2. The topological polar surface area (TPSA) is 78.9 Å². The summed E-state index contributed by atoms with van der Waals surface area (Å²) < 4.78 is 27.3. The number of benzene rings is 1. The maximum absolute atomic E-state index is 13.6. The number of nitrogens with two attached hydrogens (primary N) is 1. The molecule has 0 aliphatic carbocycles. The van der Waals surface area contributed by atoms with Crippen molar-refractivity contribution in [3.8, 4) is 0 Å². The molecule has 5 nitrogen and oxygen atoms in total. The fourth-order valence-electron chi connectivity index (χ4n) is 2.44. The van der Waals surface area contributed by atoms with E-state index < -0.39 is 28.5 Å². The van der Waals surface area contributed by atoms with E-state index in [0.29, 0.717) is 25.9 Å². The molecule has 0 bridgehead atoms. The number of amides is 1. The fourth-order valence-corrected chi connectivity index (χ4v) is 2.44. The van der Waals surface area contributed by atoms with Gasteiger partial charge in [0.25, 0.3) is 5.91 Å². The quantitative estimate of drug-likeness (QED) is 0.379. The molecule has 0 unspecified atom stereocenters. The molecule has 1 aliphatic rings. The predicted octanol–water partition coefficient (Wildman–Crippen LogP) is 1.95. The van der Waals surface area contributed by atoms with E-state index in [0.717, 1.165) is 12.1 Å². The number of amidine groups is 1. The smallest absolute Gasteiger partial charge is 0.259 e. The molecule has 1 saturated heterocycles. The molecular formula is C14H17F2N3O2. The zero-order chi connectivity index (χ0) is 15.6. The standard InChI is InChI=1S/C14H17F2N3O2/c1-14(13(17)18-21)5-7-19(8-6-14)12(20)11-9(15)3-2-4-10(11)16/h2-4,21H,5-8H2,1H3,(H2,17,18). The van der Waals surface area contributed by atoms with Gasteiger partial charge in [0, 0.05) is 18.5 Å². The molecule has 1 heterocycles. The zero-order valence-electron chi connectivity index (χ0n) is 11.6. The van der Waals surface area contributed by atoms with Crippen molar-refractivity contribution in [3.05, 3.63) is 35.4 Å². The van der Waals surface area contributed by atoms with Gasteiger partial charge < -0.3 is 15.8 Å². The number of piperidine rings is 1. The second-order valence-electron chi connectivity index (χ2n) is 5.43. The minimum Gasteiger partial charge on any atom is -0.409 e.